The number of imidazole rings is 1. The van der Waals surface area contributed by atoms with Crippen LogP contribution in [0, 0.1) is 17.1 Å². The summed E-state index contributed by atoms with van der Waals surface area (Å²) >= 11 is 12.2. The molecule has 6 rings (SSSR count). The Kier molecular flexibility index (Phi) is 8.87. The van der Waals surface area contributed by atoms with Crippen LogP contribution in [0.15, 0.2) is 67.0 Å². The van der Waals surface area contributed by atoms with E-state index in [1.807, 2.05) is 6.07 Å². The van der Waals surface area contributed by atoms with Gasteiger partial charge in [0.1, 0.15) is 17.3 Å². The summed E-state index contributed by atoms with van der Waals surface area (Å²) in [4.78, 5) is 63.4. The van der Waals surface area contributed by atoms with Gasteiger partial charge in [-0.2, -0.15) is 5.26 Å². The number of carbonyl (C=O) groups is 4. The first kappa shape index (κ1) is 33.6. The molecule has 0 unspecified atom stereocenters. The number of anilines is 2. The van der Waals surface area contributed by atoms with Crippen molar-refractivity contribution in [3.63, 3.8) is 0 Å². The van der Waals surface area contributed by atoms with Crippen molar-refractivity contribution in [1.82, 2.24) is 25.2 Å². The van der Waals surface area contributed by atoms with E-state index in [0.717, 1.165) is 0 Å². The molecule has 15 heteroatoms. The van der Waals surface area contributed by atoms with Crippen LogP contribution >= 0.6 is 23.2 Å². The van der Waals surface area contributed by atoms with E-state index in [-0.39, 0.29) is 40.2 Å². The summed E-state index contributed by atoms with van der Waals surface area (Å²) < 4.78 is 15.8. The average Bonchev–Trinajstić information content (AvgIpc) is 3.67. The molecule has 0 spiro atoms. The van der Waals surface area contributed by atoms with Gasteiger partial charge in [0.25, 0.3) is 11.8 Å². The quantitative estimate of drug-likeness (QED) is 0.183. The van der Waals surface area contributed by atoms with Crippen LogP contribution in [-0.2, 0) is 31.9 Å². The zero-order valence-electron chi connectivity index (χ0n) is 25.9. The fourth-order valence-corrected chi connectivity index (χ4v) is 6.51. The third kappa shape index (κ3) is 6.32. The number of nitrogens with zero attached hydrogens (tertiary/aromatic N) is 5. The largest absolute Gasteiger partial charge is 0.481 e. The molecular weight excluding hydrogens is 676 g/mol. The van der Waals surface area contributed by atoms with Crippen molar-refractivity contribution >= 4 is 58.5 Å². The summed E-state index contributed by atoms with van der Waals surface area (Å²) in [6.07, 6.45) is 3.49. The Morgan fingerprint density at radius 2 is 1.80 bits per heavy atom. The van der Waals surface area contributed by atoms with Gasteiger partial charge in [0.2, 0.25) is 11.9 Å². The second-order valence-corrected chi connectivity index (χ2v) is 13.0. The van der Waals surface area contributed by atoms with Crippen LogP contribution in [0.4, 0.5) is 16.0 Å². The summed E-state index contributed by atoms with van der Waals surface area (Å²) in [5.41, 5.74) is -0.511. The van der Waals surface area contributed by atoms with Crippen LogP contribution in [0.5, 0.6) is 0 Å². The number of carboxylic acids is 1. The molecule has 0 bridgehead atoms. The second-order valence-electron chi connectivity index (χ2n) is 12.1. The third-order valence-corrected chi connectivity index (χ3v) is 9.28. The summed E-state index contributed by atoms with van der Waals surface area (Å²) in [6.45, 7) is 1.60. The number of carbonyl (C=O) groups excluding carboxylic acids is 3. The molecule has 0 radical (unpaired) electrons. The maximum Gasteiger partial charge on any atom is 0.303 e. The highest BCUT2D eigenvalue weighted by atomic mass is 35.5. The standard InChI is InChI=1S/C34H28Cl2FN7O5/c1-33(16-19-5-7-20(17-38)8-6-19)31(49)43(21-14-22(35)28(37)23(36)15-21)32-40-18-25(44(32)33)30(48)41-24(9-10-27(45)46)29(47)42-34(11-12-34)26-4-2-3-13-39-26/h2-8,13-15,18,24H,9-12,16H2,1H3,(H,41,48)(H,42,47)(H,45,46)/t24-,33-/m1/s1. The van der Waals surface area contributed by atoms with Crippen LogP contribution in [0.1, 0.15) is 59.9 Å². The van der Waals surface area contributed by atoms with Crippen molar-refractivity contribution < 1.29 is 28.7 Å². The van der Waals surface area contributed by atoms with Crippen molar-refractivity contribution in [3.8, 4) is 6.07 Å². The molecule has 2 atom stereocenters. The lowest BCUT2D eigenvalue weighted by Gasteiger charge is -2.27. The Labute approximate surface area is 289 Å². The molecule has 12 nitrogen and oxygen atoms in total. The lowest BCUT2D eigenvalue weighted by atomic mass is 9.91. The molecule has 2 aromatic carbocycles. The average molecular weight is 705 g/mol. The fraction of sp³-hybridized carbons (Fsp3) is 0.265. The number of carboxylic acid groups (broad SMARTS) is 1. The molecule has 2 aromatic heterocycles. The van der Waals surface area contributed by atoms with Crippen LogP contribution < -0.4 is 15.5 Å². The van der Waals surface area contributed by atoms with Gasteiger partial charge in [-0.05, 0) is 68.1 Å². The van der Waals surface area contributed by atoms with Gasteiger partial charge in [-0.25, -0.2) is 14.3 Å². The maximum absolute atomic E-state index is 14.4. The summed E-state index contributed by atoms with van der Waals surface area (Å²) in [5, 5.41) is 23.6. The monoisotopic (exact) mass is 703 g/mol. The van der Waals surface area contributed by atoms with E-state index < -0.39 is 53.0 Å². The Morgan fingerprint density at radius 1 is 1.10 bits per heavy atom. The molecule has 1 fully saturated rings. The molecule has 250 valence electrons. The van der Waals surface area contributed by atoms with Crippen LogP contribution in [0.3, 0.4) is 0 Å². The van der Waals surface area contributed by atoms with Gasteiger partial charge < -0.3 is 15.7 Å². The van der Waals surface area contributed by atoms with E-state index in [9.17, 15) is 33.9 Å². The van der Waals surface area contributed by atoms with Crippen molar-refractivity contribution in [2.24, 2.45) is 0 Å². The molecule has 1 aliphatic carbocycles. The van der Waals surface area contributed by atoms with E-state index >= 15 is 0 Å². The number of nitriles is 1. The summed E-state index contributed by atoms with van der Waals surface area (Å²) in [7, 11) is 0. The smallest absolute Gasteiger partial charge is 0.303 e. The highest BCUT2D eigenvalue weighted by molar-refractivity contribution is 6.35. The number of pyridine rings is 1. The van der Waals surface area contributed by atoms with Gasteiger partial charge in [-0.3, -0.25) is 28.7 Å². The number of hydrogen-bond acceptors (Lipinski definition) is 7. The topological polar surface area (TPSA) is 170 Å². The molecule has 1 saturated carbocycles. The number of nitrogens with one attached hydrogen (secondary N) is 2. The highest BCUT2D eigenvalue weighted by Gasteiger charge is 2.52. The number of fused-ring (bicyclic) bond motifs is 1. The van der Waals surface area contributed by atoms with E-state index in [4.69, 9.17) is 23.2 Å². The number of aliphatic carboxylic acids is 1. The number of aromatic nitrogens is 3. The third-order valence-electron chi connectivity index (χ3n) is 8.73. The van der Waals surface area contributed by atoms with Crippen molar-refractivity contribution in [3.05, 3.63) is 105 Å². The predicted molar refractivity (Wildman–Crippen MR) is 176 cm³/mol. The Morgan fingerprint density at radius 3 is 2.39 bits per heavy atom. The first-order chi connectivity index (χ1) is 23.4. The van der Waals surface area contributed by atoms with Gasteiger partial charge in [0, 0.05) is 19.0 Å². The van der Waals surface area contributed by atoms with E-state index in [1.54, 1.807) is 55.6 Å². The van der Waals surface area contributed by atoms with Crippen LogP contribution in [0.2, 0.25) is 10.0 Å². The zero-order valence-corrected chi connectivity index (χ0v) is 27.4. The van der Waals surface area contributed by atoms with Gasteiger partial charge in [-0.15, -0.1) is 0 Å². The number of benzene rings is 2. The summed E-state index contributed by atoms with van der Waals surface area (Å²) in [5.74, 6) is -3.95. The minimum atomic E-state index is -1.50. The normalized spacial score (nSPS) is 17.9. The fourth-order valence-electron chi connectivity index (χ4n) is 6.03. The Balaban J connectivity index is 1.36. The van der Waals surface area contributed by atoms with Crippen LogP contribution in [0.25, 0.3) is 0 Å². The molecule has 49 heavy (non-hydrogen) atoms. The number of hydrogen-bond donors (Lipinski definition) is 3. The minimum absolute atomic E-state index is 0.00339. The number of amides is 3. The Hall–Kier alpha value is -5.32. The number of halogens is 3. The molecule has 1 aliphatic heterocycles. The van der Waals surface area contributed by atoms with Gasteiger partial charge in [0.05, 0.1) is 44.8 Å². The summed E-state index contributed by atoms with van der Waals surface area (Å²) in [6, 6.07) is 15.1. The van der Waals surface area contributed by atoms with Crippen LogP contribution in [-0.4, -0.2) is 49.4 Å². The molecule has 2 aliphatic rings. The first-order valence-corrected chi connectivity index (χ1v) is 15.9. The lowest BCUT2D eigenvalue weighted by molar-refractivity contribution is -0.137. The lowest BCUT2D eigenvalue weighted by Crippen LogP contribution is -2.51. The predicted octanol–water partition coefficient (Wildman–Crippen LogP) is 5.00. The van der Waals surface area contributed by atoms with Crippen molar-refractivity contribution in [2.45, 2.75) is 56.1 Å². The molecule has 3 heterocycles. The van der Waals surface area contributed by atoms with Gasteiger partial charge in [0.15, 0.2) is 5.82 Å². The van der Waals surface area contributed by atoms with Gasteiger partial charge in [-0.1, -0.05) is 41.4 Å². The number of rotatable bonds is 11. The molecule has 3 N–H and O–H groups in total. The first-order valence-electron chi connectivity index (χ1n) is 15.2. The highest BCUT2D eigenvalue weighted by Crippen LogP contribution is 2.45. The van der Waals surface area contributed by atoms with Crippen molar-refractivity contribution in [1.29, 1.82) is 5.26 Å². The van der Waals surface area contributed by atoms with Gasteiger partial charge >= 0.3 is 5.97 Å². The molecule has 4 aromatic rings. The minimum Gasteiger partial charge on any atom is -0.481 e. The SMILES string of the molecule is C[C@@]1(Cc2ccc(C#N)cc2)C(=O)N(c2cc(Cl)c(F)c(Cl)c2)c2ncc(C(=O)N[C@H](CCC(=O)O)C(=O)NC3(c4ccccn4)CC3)n21. The maximum atomic E-state index is 14.4. The van der Waals surface area contributed by atoms with E-state index in [2.05, 4.69) is 20.6 Å². The second kappa shape index (κ2) is 12.9. The van der Waals surface area contributed by atoms with E-state index in [0.29, 0.717) is 29.7 Å². The molecule has 0 saturated heterocycles. The van der Waals surface area contributed by atoms with E-state index in [1.165, 1.54) is 27.8 Å². The zero-order chi connectivity index (χ0) is 35.1. The molecule has 3 amide bonds. The van der Waals surface area contributed by atoms with Crippen molar-refractivity contribution in [2.75, 3.05) is 4.90 Å². The molecular formula is C34H28Cl2FN7O5. The Bertz CT molecular complexity index is 2010.